The Balaban J connectivity index is 0.000000196. The van der Waals surface area contributed by atoms with Crippen molar-refractivity contribution in [1.82, 2.24) is 9.97 Å². The van der Waals surface area contributed by atoms with Gasteiger partial charge in [-0.2, -0.15) is 0 Å². The van der Waals surface area contributed by atoms with Gasteiger partial charge in [-0.15, -0.1) is 71.3 Å². The molecule has 273 valence electrons. The van der Waals surface area contributed by atoms with Crippen LogP contribution < -0.4 is 0 Å². The largest absolute Gasteiger partial charge is 0.305 e. The second kappa shape index (κ2) is 19.0. The molecule has 0 N–H and O–H groups in total. The van der Waals surface area contributed by atoms with E-state index in [0.717, 1.165) is 34.5 Å². The summed E-state index contributed by atoms with van der Waals surface area (Å²) in [5.41, 5.74) is 17.7. The molecule has 0 aliphatic carbocycles. The molecule has 2 heterocycles. The van der Waals surface area contributed by atoms with Crippen LogP contribution in [0.2, 0.25) is 0 Å². The van der Waals surface area contributed by atoms with Crippen LogP contribution in [-0.2, 0) is 26.5 Å². The average molecular weight is 889 g/mol. The van der Waals surface area contributed by atoms with Crippen LogP contribution in [0.15, 0.2) is 176 Å². The molecule has 0 amide bonds. The number of rotatable bonds is 9. The van der Waals surface area contributed by atoms with Gasteiger partial charge in [-0.05, 0) is 106 Å². The van der Waals surface area contributed by atoms with Crippen molar-refractivity contribution in [3.05, 3.63) is 205 Å². The van der Waals surface area contributed by atoms with E-state index in [1.165, 1.54) is 68.5 Å². The molecule has 1 radical (unpaired) electrons. The zero-order chi connectivity index (χ0) is 37.1. The van der Waals surface area contributed by atoms with Gasteiger partial charge in [0.25, 0.3) is 0 Å². The summed E-state index contributed by atoms with van der Waals surface area (Å²) in [5, 5.41) is 0. The van der Waals surface area contributed by atoms with E-state index in [2.05, 4.69) is 153 Å². The molecule has 0 unspecified atom stereocenters. The SMILES string of the molecule is CCCCc1cccc(-c2cc[c-]c(-c3ccccn3)c2)c1.Cc1cc(-c2cccc(-c3ccccc3)c2)cc(C)c1-c1ccc(-c2[c-]cccc2)nc1.[Ir]. The molecule has 0 aliphatic rings. The fourth-order valence-corrected chi connectivity index (χ4v) is 6.95. The Morgan fingerprint density at radius 3 is 1.82 bits per heavy atom. The molecule has 2 nitrogen and oxygen atoms in total. The Labute approximate surface area is 340 Å². The van der Waals surface area contributed by atoms with Crippen molar-refractivity contribution in [2.45, 2.75) is 40.0 Å². The van der Waals surface area contributed by atoms with Gasteiger partial charge in [0.15, 0.2) is 0 Å². The first-order chi connectivity index (χ1) is 26.6. The van der Waals surface area contributed by atoms with E-state index in [1.807, 2.05) is 60.9 Å². The minimum atomic E-state index is 0. The van der Waals surface area contributed by atoms with Gasteiger partial charge in [-0.1, -0.05) is 123 Å². The van der Waals surface area contributed by atoms with Crippen molar-refractivity contribution in [1.29, 1.82) is 0 Å². The first-order valence-corrected chi connectivity index (χ1v) is 18.8. The van der Waals surface area contributed by atoms with Crippen molar-refractivity contribution >= 4 is 0 Å². The number of hydrogen-bond acceptors (Lipinski definition) is 2. The summed E-state index contributed by atoms with van der Waals surface area (Å²) in [6.45, 7) is 6.60. The Morgan fingerprint density at radius 2 is 1.13 bits per heavy atom. The van der Waals surface area contributed by atoms with Crippen LogP contribution in [0.3, 0.4) is 0 Å². The van der Waals surface area contributed by atoms with Crippen molar-refractivity contribution in [3.63, 3.8) is 0 Å². The molecule has 0 spiro atoms. The first kappa shape index (κ1) is 39.0. The van der Waals surface area contributed by atoms with E-state index in [1.54, 1.807) is 0 Å². The normalized spacial score (nSPS) is 10.5. The van der Waals surface area contributed by atoms with E-state index in [0.29, 0.717) is 0 Å². The molecule has 8 aromatic rings. The summed E-state index contributed by atoms with van der Waals surface area (Å²) in [6, 6.07) is 63.7. The molecule has 2 aromatic heterocycles. The minimum Gasteiger partial charge on any atom is -0.305 e. The third kappa shape index (κ3) is 9.88. The molecule has 3 heteroatoms. The van der Waals surface area contributed by atoms with Crippen LogP contribution >= 0.6 is 0 Å². The Hall–Kier alpha value is -5.73. The van der Waals surface area contributed by atoms with Crippen LogP contribution in [0.5, 0.6) is 0 Å². The van der Waals surface area contributed by atoms with E-state index < -0.39 is 0 Å². The summed E-state index contributed by atoms with van der Waals surface area (Å²) in [7, 11) is 0. The number of aryl methyl sites for hydroxylation is 3. The van der Waals surface area contributed by atoms with Gasteiger partial charge in [0, 0.05) is 32.5 Å². The Bertz CT molecular complexity index is 2400. The average Bonchev–Trinajstić information content (AvgIpc) is 3.24. The fraction of sp³-hybridized carbons (Fsp3) is 0.115. The maximum atomic E-state index is 4.70. The van der Waals surface area contributed by atoms with Crippen LogP contribution in [-0.4, -0.2) is 9.97 Å². The van der Waals surface area contributed by atoms with Gasteiger partial charge in [-0.25, -0.2) is 0 Å². The predicted octanol–water partition coefficient (Wildman–Crippen LogP) is 13.7. The Kier molecular flexibility index (Phi) is 13.5. The number of nitrogens with zero attached hydrogens (tertiary/aromatic N) is 2. The molecule has 0 aliphatic heterocycles. The van der Waals surface area contributed by atoms with E-state index in [9.17, 15) is 0 Å². The number of hydrogen-bond donors (Lipinski definition) is 0. The molecule has 0 saturated heterocycles. The topological polar surface area (TPSA) is 25.8 Å². The zero-order valence-corrected chi connectivity index (χ0v) is 34.0. The molecule has 8 rings (SSSR count). The van der Waals surface area contributed by atoms with Crippen molar-refractivity contribution in [2.24, 2.45) is 0 Å². The summed E-state index contributed by atoms with van der Waals surface area (Å²) in [4.78, 5) is 9.11. The second-order valence-corrected chi connectivity index (χ2v) is 13.7. The van der Waals surface area contributed by atoms with Crippen LogP contribution in [0.1, 0.15) is 36.5 Å². The summed E-state index contributed by atoms with van der Waals surface area (Å²) in [6.07, 6.45) is 7.42. The van der Waals surface area contributed by atoms with Gasteiger partial charge in [0.1, 0.15) is 0 Å². The smallest absolute Gasteiger partial charge is 0.0239 e. The third-order valence-corrected chi connectivity index (χ3v) is 9.69. The Morgan fingerprint density at radius 1 is 0.473 bits per heavy atom. The molecular weight excluding hydrogens is 845 g/mol. The zero-order valence-electron chi connectivity index (χ0n) is 31.6. The van der Waals surface area contributed by atoms with E-state index in [-0.39, 0.29) is 20.1 Å². The number of aromatic nitrogens is 2. The molecular formula is C52H44IrN2-2. The second-order valence-electron chi connectivity index (χ2n) is 13.7. The molecule has 0 saturated carbocycles. The summed E-state index contributed by atoms with van der Waals surface area (Å²) < 4.78 is 0. The van der Waals surface area contributed by atoms with Gasteiger partial charge in [0.2, 0.25) is 0 Å². The van der Waals surface area contributed by atoms with Gasteiger partial charge < -0.3 is 9.97 Å². The van der Waals surface area contributed by atoms with Gasteiger partial charge in [0.05, 0.1) is 0 Å². The van der Waals surface area contributed by atoms with Gasteiger partial charge >= 0.3 is 0 Å². The molecule has 0 atom stereocenters. The summed E-state index contributed by atoms with van der Waals surface area (Å²) in [5.74, 6) is 0. The maximum Gasteiger partial charge on any atom is 0.0239 e. The maximum absolute atomic E-state index is 4.70. The van der Waals surface area contributed by atoms with E-state index >= 15 is 0 Å². The third-order valence-electron chi connectivity index (χ3n) is 9.69. The number of pyridine rings is 2. The van der Waals surface area contributed by atoms with Crippen molar-refractivity contribution in [2.75, 3.05) is 0 Å². The number of benzene rings is 6. The first-order valence-electron chi connectivity index (χ1n) is 18.8. The monoisotopic (exact) mass is 889 g/mol. The van der Waals surface area contributed by atoms with Crippen LogP contribution in [0.4, 0.5) is 0 Å². The van der Waals surface area contributed by atoms with Crippen molar-refractivity contribution < 1.29 is 20.1 Å². The van der Waals surface area contributed by atoms with Crippen LogP contribution in [0, 0.1) is 26.0 Å². The molecule has 0 bridgehead atoms. The number of unbranched alkanes of at least 4 members (excludes halogenated alkanes) is 1. The standard InChI is InChI=1S/C31H24N.C21H20N.Ir/c1-22-18-29(27-15-9-14-26(20-27)24-10-5-3-6-11-24)19-23(2)31(22)28-16-17-30(32-21-28)25-12-7-4-8-13-25;1-2-3-8-17-9-6-10-18(15-17)19-11-7-12-20(16-19)21-13-4-5-14-22-21;/h3-12,14-21H,1-2H3;4-7,9-11,13-16H,2-3,8H2,1H3;/q2*-1;. The van der Waals surface area contributed by atoms with Crippen molar-refractivity contribution in [3.8, 4) is 67.0 Å². The minimum absolute atomic E-state index is 0. The fourth-order valence-electron chi connectivity index (χ4n) is 6.95. The quantitative estimate of drug-likeness (QED) is 0.135. The summed E-state index contributed by atoms with van der Waals surface area (Å²) >= 11 is 0. The van der Waals surface area contributed by atoms with Crippen LogP contribution in [0.25, 0.3) is 67.0 Å². The molecule has 55 heavy (non-hydrogen) atoms. The predicted molar refractivity (Wildman–Crippen MR) is 227 cm³/mol. The molecule has 0 fully saturated rings. The van der Waals surface area contributed by atoms with E-state index in [4.69, 9.17) is 4.98 Å². The van der Waals surface area contributed by atoms with Gasteiger partial charge in [-0.3, -0.25) is 0 Å². The molecule has 6 aromatic carbocycles.